The normalized spacial score (nSPS) is 12.2. The number of aliphatic hydroxyl groups is 1. The number of hydrogen-bond acceptors (Lipinski definition) is 3. The summed E-state index contributed by atoms with van der Waals surface area (Å²) in [4.78, 5) is 11.5. The van der Waals surface area contributed by atoms with Gasteiger partial charge >= 0.3 is 0 Å². The van der Waals surface area contributed by atoms with Crippen molar-refractivity contribution in [1.29, 1.82) is 0 Å². The molecule has 0 bridgehead atoms. The maximum absolute atomic E-state index is 11.5. The molecule has 4 nitrogen and oxygen atoms in total. The third kappa shape index (κ3) is 3.64. The van der Waals surface area contributed by atoms with Crippen molar-refractivity contribution in [3.05, 3.63) is 35.4 Å². The van der Waals surface area contributed by atoms with Gasteiger partial charge in [0, 0.05) is 6.54 Å². The molecule has 0 aliphatic carbocycles. The molecule has 0 saturated carbocycles. The third-order valence-electron chi connectivity index (χ3n) is 2.47. The largest absolute Gasteiger partial charge is 0.392 e. The quantitative estimate of drug-likeness (QED) is 0.676. The lowest BCUT2D eigenvalue weighted by atomic mass is 10.1. The number of likely N-dealkylation sites (N-methyl/N-ethyl adjacent to an activating group) is 1. The molecule has 88 valence electrons. The number of rotatable bonds is 5. The molecule has 4 heteroatoms. The van der Waals surface area contributed by atoms with Crippen LogP contribution in [-0.2, 0) is 17.9 Å². The summed E-state index contributed by atoms with van der Waals surface area (Å²) in [7, 11) is 1.75. The van der Waals surface area contributed by atoms with Crippen LogP contribution in [0.4, 0.5) is 0 Å². The van der Waals surface area contributed by atoms with Gasteiger partial charge in [0.25, 0.3) is 0 Å². The van der Waals surface area contributed by atoms with Crippen molar-refractivity contribution in [3.8, 4) is 0 Å². The van der Waals surface area contributed by atoms with Gasteiger partial charge in [0.2, 0.25) is 5.91 Å². The summed E-state index contributed by atoms with van der Waals surface area (Å²) >= 11 is 0. The van der Waals surface area contributed by atoms with E-state index in [9.17, 15) is 4.79 Å². The Balaban J connectivity index is 2.51. The van der Waals surface area contributed by atoms with Gasteiger partial charge in [-0.25, -0.2) is 0 Å². The summed E-state index contributed by atoms with van der Waals surface area (Å²) in [6, 6.07) is 7.32. The summed E-state index contributed by atoms with van der Waals surface area (Å²) < 4.78 is 0. The van der Waals surface area contributed by atoms with Crippen LogP contribution < -0.4 is 10.6 Å². The van der Waals surface area contributed by atoms with Crippen LogP contribution in [0.15, 0.2) is 24.3 Å². The molecule has 0 radical (unpaired) electrons. The number of carbonyl (C=O) groups excluding carboxylic acids is 1. The van der Waals surface area contributed by atoms with Crippen LogP contribution in [0.25, 0.3) is 0 Å². The Kier molecular flexibility index (Phi) is 4.95. The molecule has 0 saturated heterocycles. The first kappa shape index (κ1) is 12.7. The molecule has 0 aromatic heterocycles. The Morgan fingerprint density at radius 3 is 2.75 bits per heavy atom. The van der Waals surface area contributed by atoms with E-state index in [4.69, 9.17) is 5.11 Å². The van der Waals surface area contributed by atoms with E-state index >= 15 is 0 Å². The molecular weight excluding hydrogens is 204 g/mol. The highest BCUT2D eigenvalue weighted by atomic mass is 16.3. The zero-order valence-corrected chi connectivity index (χ0v) is 9.66. The van der Waals surface area contributed by atoms with Gasteiger partial charge in [-0.15, -0.1) is 0 Å². The highest BCUT2D eigenvalue weighted by molar-refractivity contribution is 5.81. The Labute approximate surface area is 95.7 Å². The third-order valence-corrected chi connectivity index (χ3v) is 2.47. The summed E-state index contributed by atoms with van der Waals surface area (Å²) in [6.45, 7) is 2.31. The second kappa shape index (κ2) is 6.25. The molecule has 1 atom stereocenters. The molecule has 1 unspecified atom stereocenters. The van der Waals surface area contributed by atoms with E-state index in [0.717, 1.165) is 11.1 Å². The van der Waals surface area contributed by atoms with Gasteiger partial charge in [0.1, 0.15) is 0 Å². The van der Waals surface area contributed by atoms with E-state index in [1.165, 1.54) is 0 Å². The van der Waals surface area contributed by atoms with Gasteiger partial charge in [-0.1, -0.05) is 24.3 Å². The molecule has 0 aliphatic rings. The van der Waals surface area contributed by atoms with Crippen molar-refractivity contribution in [2.45, 2.75) is 26.1 Å². The summed E-state index contributed by atoms with van der Waals surface area (Å²) in [5, 5.41) is 14.7. The fraction of sp³-hybridized carbons (Fsp3) is 0.417. The molecule has 0 aliphatic heterocycles. The fourth-order valence-electron chi connectivity index (χ4n) is 1.31. The zero-order chi connectivity index (χ0) is 12.0. The molecule has 3 N–H and O–H groups in total. The average Bonchev–Trinajstić information content (AvgIpc) is 2.35. The highest BCUT2D eigenvalue weighted by Crippen LogP contribution is 2.04. The topological polar surface area (TPSA) is 61.4 Å². The Morgan fingerprint density at radius 2 is 2.12 bits per heavy atom. The van der Waals surface area contributed by atoms with Gasteiger partial charge in [0.15, 0.2) is 0 Å². The van der Waals surface area contributed by atoms with Crippen LogP contribution in [0.5, 0.6) is 0 Å². The average molecular weight is 222 g/mol. The van der Waals surface area contributed by atoms with Crippen molar-refractivity contribution < 1.29 is 9.90 Å². The summed E-state index contributed by atoms with van der Waals surface area (Å²) in [6.07, 6.45) is 0. The molecule has 0 spiro atoms. The molecule has 1 aromatic carbocycles. The first-order valence-electron chi connectivity index (χ1n) is 5.31. The molecule has 0 fully saturated rings. The van der Waals surface area contributed by atoms with Crippen LogP contribution in [0.2, 0.25) is 0 Å². The van der Waals surface area contributed by atoms with Crippen molar-refractivity contribution in [3.63, 3.8) is 0 Å². The van der Waals surface area contributed by atoms with Gasteiger partial charge in [-0.2, -0.15) is 0 Å². The predicted octanol–water partition coefficient (Wildman–Crippen LogP) is 0.403. The lowest BCUT2D eigenvalue weighted by Crippen LogP contribution is -2.39. The van der Waals surface area contributed by atoms with Gasteiger partial charge in [-0.3, -0.25) is 4.79 Å². The van der Waals surface area contributed by atoms with Crippen molar-refractivity contribution >= 4 is 5.91 Å². The predicted molar refractivity (Wildman–Crippen MR) is 62.7 cm³/mol. The first-order chi connectivity index (χ1) is 7.67. The van der Waals surface area contributed by atoms with Crippen LogP contribution in [0.3, 0.4) is 0 Å². The van der Waals surface area contributed by atoms with E-state index in [1.54, 1.807) is 14.0 Å². The fourth-order valence-corrected chi connectivity index (χ4v) is 1.31. The molecule has 16 heavy (non-hydrogen) atoms. The molecule has 1 amide bonds. The smallest absolute Gasteiger partial charge is 0.237 e. The minimum absolute atomic E-state index is 0.0225. The minimum atomic E-state index is -0.193. The second-order valence-electron chi connectivity index (χ2n) is 3.71. The van der Waals surface area contributed by atoms with Gasteiger partial charge in [0.05, 0.1) is 12.6 Å². The monoisotopic (exact) mass is 222 g/mol. The number of amides is 1. The maximum atomic E-state index is 11.5. The van der Waals surface area contributed by atoms with E-state index in [2.05, 4.69) is 10.6 Å². The lowest BCUT2D eigenvalue weighted by molar-refractivity contribution is -0.122. The Hall–Kier alpha value is -1.39. The molecule has 1 rings (SSSR count). The van der Waals surface area contributed by atoms with Crippen LogP contribution >= 0.6 is 0 Å². The SMILES string of the molecule is CNC(C)C(=O)NCc1cccc(CO)c1. The van der Waals surface area contributed by atoms with Crippen LogP contribution in [0.1, 0.15) is 18.1 Å². The standard InChI is InChI=1S/C12H18N2O2/c1-9(13-2)12(16)14-7-10-4-3-5-11(6-10)8-15/h3-6,9,13,15H,7-8H2,1-2H3,(H,14,16). The number of hydrogen-bond donors (Lipinski definition) is 3. The number of benzene rings is 1. The van der Waals surface area contributed by atoms with Crippen molar-refractivity contribution in [2.75, 3.05) is 7.05 Å². The van der Waals surface area contributed by atoms with Gasteiger partial charge in [-0.05, 0) is 25.1 Å². The lowest BCUT2D eigenvalue weighted by Gasteiger charge is -2.11. The number of nitrogens with one attached hydrogen (secondary N) is 2. The first-order valence-corrected chi connectivity index (χ1v) is 5.31. The summed E-state index contributed by atoms with van der Waals surface area (Å²) in [5.41, 5.74) is 1.84. The van der Waals surface area contributed by atoms with Crippen LogP contribution in [-0.4, -0.2) is 24.1 Å². The van der Waals surface area contributed by atoms with E-state index in [1.807, 2.05) is 24.3 Å². The Morgan fingerprint density at radius 1 is 1.44 bits per heavy atom. The second-order valence-corrected chi connectivity index (χ2v) is 3.71. The molecule has 1 aromatic rings. The highest BCUT2D eigenvalue weighted by Gasteiger charge is 2.08. The molecular formula is C12H18N2O2. The van der Waals surface area contributed by atoms with E-state index in [0.29, 0.717) is 6.54 Å². The Bertz CT molecular complexity index is 353. The maximum Gasteiger partial charge on any atom is 0.237 e. The zero-order valence-electron chi connectivity index (χ0n) is 9.66. The summed E-state index contributed by atoms with van der Waals surface area (Å²) in [5.74, 6) is -0.0306. The molecule has 0 heterocycles. The van der Waals surface area contributed by atoms with Gasteiger partial charge < -0.3 is 15.7 Å². The van der Waals surface area contributed by atoms with Crippen LogP contribution in [0, 0.1) is 0 Å². The number of carbonyl (C=O) groups is 1. The van der Waals surface area contributed by atoms with E-state index < -0.39 is 0 Å². The number of aliphatic hydroxyl groups excluding tert-OH is 1. The van der Waals surface area contributed by atoms with Crippen molar-refractivity contribution in [2.24, 2.45) is 0 Å². The van der Waals surface area contributed by atoms with Crippen molar-refractivity contribution in [1.82, 2.24) is 10.6 Å². The van der Waals surface area contributed by atoms with E-state index in [-0.39, 0.29) is 18.6 Å². The minimum Gasteiger partial charge on any atom is -0.392 e.